The number of nitrogens with zero attached hydrogens (tertiary/aromatic N) is 4. The van der Waals surface area contributed by atoms with Crippen molar-refractivity contribution in [1.82, 2.24) is 15.0 Å². The molecule has 4 aromatic rings. The van der Waals surface area contributed by atoms with E-state index in [1.807, 2.05) is 50.2 Å². The average molecular weight is 440 g/mol. The second-order valence-corrected chi connectivity index (χ2v) is 8.28. The zero-order valence-corrected chi connectivity index (χ0v) is 18.9. The molecule has 0 fully saturated rings. The van der Waals surface area contributed by atoms with Crippen molar-refractivity contribution in [3.63, 3.8) is 0 Å². The first kappa shape index (κ1) is 20.9. The molecule has 3 heterocycles. The van der Waals surface area contributed by atoms with Gasteiger partial charge >= 0.3 is 0 Å². The van der Waals surface area contributed by atoms with E-state index in [2.05, 4.69) is 44.3 Å². The largest absolute Gasteiger partial charge is 0.478 e. The van der Waals surface area contributed by atoms with Crippen LogP contribution in [0.5, 0.6) is 11.5 Å². The quantitative estimate of drug-likeness (QED) is 0.425. The summed E-state index contributed by atoms with van der Waals surface area (Å²) in [6, 6.07) is 16.2. The van der Waals surface area contributed by atoms with Crippen LogP contribution in [0.3, 0.4) is 0 Å². The van der Waals surface area contributed by atoms with Crippen LogP contribution < -0.4 is 10.1 Å². The normalized spacial score (nSPS) is 15.2. The Kier molecular flexibility index (Phi) is 5.60. The van der Waals surface area contributed by atoms with Gasteiger partial charge in [-0.3, -0.25) is 4.98 Å². The van der Waals surface area contributed by atoms with Crippen LogP contribution in [0.2, 0.25) is 0 Å². The molecule has 0 saturated carbocycles. The van der Waals surface area contributed by atoms with E-state index in [1.165, 1.54) is 0 Å². The zero-order valence-electron chi connectivity index (χ0n) is 18.9. The maximum absolute atomic E-state index is 5.99. The molecule has 33 heavy (non-hydrogen) atoms. The summed E-state index contributed by atoms with van der Waals surface area (Å²) in [5.41, 5.74) is 4.87. The lowest BCUT2D eigenvalue weighted by atomic mass is 10.1. The van der Waals surface area contributed by atoms with Gasteiger partial charge < -0.3 is 14.8 Å². The lowest BCUT2D eigenvalue weighted by molar-refractivity contribution is 0.318. The van der Waals surface area contributed by atoms with Gasteiger partial charge in [0.05, 0.1) is 17.8 Å². The number of benzene rings is 2. The number of hydrogen-bond donors (Lipinski definition) is 1. The lowest BCUT2D eigenvalue weighted by Crippen LogP contribution is -2.04. The molecule has 166 valence electrons. The number of rotatable bonds is 6. The van der Waals surface area contributed by atoms with Gasteiger partial charge in [0, 0.05) is 23.2 Å². The van der Waals surface area contributed by atoms with Crippen molar-refractivity contribution in [2.24, 2.45) is 4.99 Å². The molecular weight excluding hydrogens is 414 g/mol. The molecule has 0 spiro atoms. The number of nitrogens with one attached hydrogen (secondary N) is 1. The summed E-state index contributed by atoms with van der Waals surface area (Å²) in [5.74, 6) is 3.03. The van der Waals surface area contributed by atoms with Crippen LogP contribution in [-0.2, 0) is 11.2 Å². The van der Waals surface area contributed by atoms with E-state index in [1.54, 1.807) is 12.5 Å². The summed E-state index contributed by atoms with van der Waals surface area (Å²) in [6.07, 6.45) is 3.97. The molecule has 1 unspecified atom stereocenters. The molecule has 1 atom stereocenters. The number of aliphatic imine (C=N–C) groups is 1. The molecule has 0 saturated heterocycles. The van der Waals surface area contributed by atoms with E-state index in [0.29, 0.717) is 18.8 Å². The first-order chi connectivity index (χ1) is 16.0. The van der Waals surface area contributed by atoms with Gasteiger partial charge in [0.1, 0.15) is 30.3 Å². The highest BCUT2D eigenvalue weighted by atomic mass is 16.5. The molecule has 2 aromatic heterocycles. The number of anilines is 2. The number of hydrogen-bond acceptors (Lipinski definition) is 7. The fourth-order valence-electron chi connectivity index (χ4n) is 3.74. The molecule has 1 aliphatic heterocycles. The first-order valence-electron chi connectivity index (χ1n) is 10.9. The van der Waals surface area contributed by atoms with E-state index in [-0.39, 0.29) is 6.04 Å². The molecule has 0 bridgehead atoms. The van der Waals surface area contributed by atoms with Gasteiger partial charge in [0.2, 0.25) is 0 Å². The molecule has 1 N–H and O–H groups in total. The van der Waals surface area contributed by atoms with Crippen molar-refractivity contribution in [1.29, 1.82) is 0 Å². The number of aromatic nitrogens is 3. The highest BCUT2D eigenvalue weighted by Gasteiger charge is 2.15. The van der Waals surface area contributed by atoms with Gasteiger partial charge in [0.15, 0.2) is 5.90 Å². The molecule has 0 radical (unpaired) electrons. The summed E-state index contributed by atoms with van der Waals surface area (Å²) in [5, 5.41) is 4.38. The van der Waals surface area contributed by atoms with E-state index in [4.69, 9.17) is 9.47 Å². The van der Waals surface area contributed by atoms with Crippen LogP contribution in [0.25, 0.3) is 10.9 Å². The SMILES string of the molecule is Cc1ccc(Oc2ccc(Nc3ncnc4ccc(CC5=NC(C)CO5)cc34)cc2C)cn1. The van der Waals surface area contributed by atoms with Gasteiger partial charge in [-0.25, -0.2) is 15.0 Å². The zero-order chi connectivity index (χ0) is 22.8. The van der Waals surface area contributed by atoms with Crippen LogP contribution in [-0.4, -0.2) is 33.5 Å². The Morgan fingerprint density at radius 2 is 1.94 bits per heavy atom. The minimum Gasteiger partial charge on any atom is -0.478 e. The van der Waals surface area contributed by atoms with E-state index in [9.17, 15) is 0 Å². The predicted octanol–water partition coefficient (Wildman–Crippen LogP) is 5.54. The molecule has 0 amide bonds. The van der Waals surface area contributed by atoms with Gasteiger partial charge in [-0.05, 0) is 74.4 Å². The van der Waals surface area contributed by atoms with Gasteiger partial charge in [-0.1, -0.05) is 6.07 Å². The summed E-state index contributed by atoms with van der Waals surface area (Å²) >= 11 is 0. The third-order valence-electron chi connectivity index (χ3n) is 5.46. The first-order valence-corrected chi connectivity index (χ1v) is 10.9. The molecule has 5 rings (SSSR count). The van der Waals surface area contributed by atoms with Crippen LogP contribution >= 0.6 is 0 Å². The van der Waals surface area contributed by atoms with Gasteiger partial charge in [-0.2, -0.15) is 0 Å². The summed E-state index contributed by atoms with van der Waals surface area (Å²) in [4.78, 5) is 17.7. The molecule has 7 nitrogen and oxygen atoms in total. The number of pyridine rings is 1. The van der Waals surface area contributed by atoms with Crippen LogP contribution in [0, 0.1) is 13.8 Å². The Morgan fingerprint density at radius 3 is 2.70 bits per heavy atom. The highest BCUT2D eigenvalue weighted by Crippen LogP contribution is 2.30. The smallest absolute Gasteiger partial charge is 0.188 e. The summed E-state index contributed by atoms with van der Waals surface area (Å²) in [6.45, 7) is 6.67. The van der Waals surface area contributed by atoms with E-state index < -0.39 is 0 Å². The fraction of sp³-hybridized carbons (Fsp3) is 0.231. The number of aryl methyl sites for hydroxylation is 2. The Bertz CT molecular complexity index is 1330. The van der Waals surface area contributed by atoms with Gasteiger partial charge in [-0.15, -0.1) is 0 Å². The van der Waals surface area contributed by atoms with Crippen molar-refractivity contribution in [3.05, 3.63) is 77.9 Å². The minimum atomic E-state index is 0.221. The summed E-state index contributed by atoms with van der Waals surface area (Å²) in [7, 11) is 0. The predicted molar refractivity (Wildman–Crippen MR) is 130 cm³/mol. The number of ether oxygens (including phenoxy) is 2. The second kappa shape index (κ2) is 8.86. The van der Waals surface area contributed by atoms with Crippen molar-refractivity contribution in [2.75, 3.05) is 11.9 Å². The molecule has 7 heteroatoms. The third kappa shape index (κ3) is 4.77. The Morgan fingerprint density at radius 1 is 1.03 bits per heavy atom. The minimum absolute atomic E-state index is 0.221. The second-order valence-electron chi connectivity index (χ2n) is 8.28. The molecule has 0 aliphatic carbocycles. The summed E-state index contributed by atoms with van der Waals surface area (Å²) < 4.78 is 11.7. The van der Waals surface area contributed by atoms with Crippen molar-refractivity contribution >= 4 is 28.3 Å². The van der Waals surface area contributed by atoms with Gasteiger partial charge in [0.25, 0.3) is 0 Å². The monoisotopic (exact) mass is 439 g/mol. The Balaban J connectivity index is 1.38. The maximum atomic E-state index is 5.99. The van der Waals surface area contributed by atoms with Crippen molar-refractivity contribution in [3.8, 4) is 11.5 Å². The number of fused-ring (bicyclic) bond motifs is 1. The molecule has 1 aliphatic rings. The van der Waals surface area contributed by atoms with E-state index in [0.717, 1.165) is 50.9 Å². The van der Waals surface area contributed by atoms with E-state index >= 15 is 0 Å². The topological polar surface area (TPSA) is 81.5 Å². The van der Waals surface area contributed by atoms with Crippen LogP contribution in [0.15, 0.2) is 66.0 Å². The fourth-order valence-corrected chi connectivity index (χ4v) is 3.74. The van der Waals surface area contributed by atoms with Crippen molar-refractivity contribution in [2.45, 2.75) is 33.2 Å². The standard InChI is InChI=1S/C26H25N5O2/c1-16-10-20(6-9-24(16)33-21-7-4-17(2)27-13-21)31-26-22-11-19(5-8-23(22)28-15-29-26)12-25-30-18(3)14-32-25/h4-11,13,15,18H,12,14H2,1-3H3,(H,28,29,31). The lowest BCUT2D eigenvalue weighted by Gasteiger charge is -2.13. The maximum Gasteiger partial charge on any atom is 0.188 e. The van der Waals surface area contributed by atoms with Crippen molar-refractivity contribution < 1.29 is 9.47 Å². The molecular formula is C26H25N5O2. The third-order valence-corrected chi connectivity index (χ3v) is 5.46. The average Bonchev–Trinajstić information content (AvgIpc) is 3.22. The highest BCUT2D eigenvalue weighted by molar-refractivity contribution is 5.92. The Labute approximate surface area is 192 Å². The van der Waals surface area contributed by atoms with Crippen LogP contribution in [0.4, 0.5) is 11.5 Å². The Hall–Kier alpha value is -4.00. The molecule has 2 aromatic carbocycles. The van der Waals surface area contributed by atoms with Crippen LogP contribution in [0.1, 0.15) is 23.7 Å².